The zero-order valence-corrected chi connectivity index (χ0v) is 24.0. The third kappa shape index (κ3) is 8.19. The summed E-state index contributed by atoms with van der Waals surface area (Å²) in [5.41, 5.74) is 1.48. The summed E-state index contributed by atoms with van der Waals surface area (Å²) >= 11 is 2.15. The number of hydrogen-bond acceptors (Lipinski definition) is 4. The number of carbonyl (C=O) groups is 2. The highest BCUT2D eigenvalue weighted by Crippen LogP contribution is 2.21. The number of amides is 2. The van der Waals surface area contributed by atoms with E-state index in [4.69, 9.17) is 0 Å². The molecule has 0 unspecified atom stereocenters. The molecule has 0 saturated heterocycles. The van der Waals surface area contributed by atoms with Gasteiger partial charge in [-0.15, -0.1) is 0 Å². The zero-order chi connectivity index (χ0) is 26.1. The fraction of sp³-hybridized carbons (Fsp3) is 0.481. The highest BCUT2D eigenvalue weighted by Gasteiger charge is 2.32. The summed E-state index contributed by atoms with van der Waals surface area (Å²) < 4.78 is 27.4. The summed E-state index contributed by atoms with van der Waals surface area (Å²) in [6.07, 6.45) is 7.40. The Morgan fingerprint density at radius 2 is 1.67 bits per heavy atom. The van der Waals surface area contributed by atoms with Crippen LogP contribution in [0.3, 0.4) is 0 Å². The van der Waals surface area contributed by atoms with Gasteiger partial charge in [0.1, 0.15) is 12.6 Å². The number of sulfonamides is 1. The number of halogens is 1. The first-order chi connectivity index (χ1) is 17.2. The Morgan fingerprint density at radius 1 is 1.03 bits per heavy atom. The second-order valence-corrected chi connectivity index (χ2v) is 12.5. The van der Waals surface area contributed by atoms with Crippen LogP contribution < -0.4 is 9.62 Å². The van der Waals surface area contributed by atoms with E-state index in [-0.39, 0.29) is 24.4 Å². The van der Waals surface area contributed by atoms with Gasteiger partial charge in [0.05, 0.1) is 11.9 Å². The fourth-order valence-electron chi connectivity index (χ4n) is 4.66. The highest BCUT2D eigenvalue weighted by molar-refractivity contribution is 14.1. The molecule has 3 rings (SSSR count). The Bertz CT molecular complexity index is 1100. The molecule has 1 fully saturated rings. The summed E-state index contributed by atoms with van der Waals surface area (Å²) in [5, 5.41) is 3.16. The lowest BCUT2D eigenvalue weighted by atomic mass is 9.95. The van der Waals surface area contributed by atoms with Crippen molar-refractivity contribution < 1.29 is 18.0 Å². The number of rotatable bonds is 11. The molecule has 1 aliphatic carbocycles. The molecule has 196 valence electrons. The smallest absolute Gasteiger partial charge is 0.244 e. The van der Waals surface area contributed by atoms with Crippen molar-refractivity contribution in [2.45, 2.75) is 64.0 Å². The largest absolute Gasteiger partial charge is 0.352 e. The topological polar surface area (TPSA) is 86.8 Å². The molecule has 2 aromatic carbocycles. The first kappa shape index (κ1) is 28.4. The molecule has 36 heavy (non-hydrogen) atoms. The third-order valence-corrected chi connectivity index (χ3v) is 8.48. The van der Waals surface area contributed by atoms with E-state index in [0.29, 0.717) is 25.1 Å². The summed E-state index contributed by atoms with van der Waals surface area (Å²) in [4.78, 5) is 28.6. The van der Waals surface area contributed by atoms with Crippen LogP contribution in [0, 0.1) is 3.57 Å². The van der Waals surface area contributed by atoms with Crippen molar-refractivity contribution in [3.8, 4) is 0 Å². The van der Waals surface area contributed by atoms with Crippen molar-refractivity contribution in [2.24, 2.45) is 0 Å². The van der Waals surface area contributed by atoms with E-state index < -0.39 is 16.1 Å². The van der Waals surface area contributed by atoms with Crippen molar-refractivity contribution in [2.75, 3.05) is 23.7 Å². The fourth-order valence-corrected chi connectivity index (χ4v) is 5.87. The second kappa shape index (κ2) is 13.4. The number of anilines is 1. The quantitative estimate of drug-likeness (QED) is 0.377. The first-order valence-electron chi connectivity index (χ1n) is 12.6. The Morgan fingerprint density at radius 3 is 2.25 bits per heavy atom. The maximum Gasteiger partial charge on any atom is 0.244 e. The van der Waals surface area contributed by atoms with Crippen molar-refractivity contribution in [3.63, 3.8) is 0 Å². The van der Waals surface area contributed by atoms with Gasteiger partial charge in [-0.1, -0.05) is 56.5 Å². The average Bonchev–Trinajstić information content (AvgIpc) is 2.86. The molecule has 0 radical (unpaired) electrons. The van der Waals surface area contributed by atoms with E-state index in [9.17, 15) is 18.0 Å². The molecule has 2 amide bonds. The molecule has 0 aromatic heterocycles. The Hall–Kier alpha value is -2.14. The molecule has 2 aromatic rings. The summed E-state index contributed by atoms with van der Waals surface area (Å²) in [7, 11) is -3.72. The van der Waals surface area contributed by atoms with Crippen molar-refractivity contribution in [1.82, 2.24) is 10.2 Å². The molecule has 0 spiro atoms. The lowest BCUT2D eigenvalue weighted by molar-refractivity contribution is -0.140. The van der Waals surface area contributed by atoms with Gasteiger partial charge in [-0.2, -0.15) is 0 Å². The molecule has 1 saturated carbocycles. The van der Waals surface area contributed by atoms with E-state index in [1.807, 2.05) is 37.3 Å². The van der Waals surface area contributed by atoms with Gasteiger partial charge in [-0.05, 0) is 78.1 Å². The molecule has 9 heteroatoms. The Kier molecular flexibility index (Phi) is 10.6. The first-order valence-corrected chi connectivity index (χ1v) is 15.5. The third-order valence-electron chi connectivity index (χ3n) is 6.62. The normalized spacial score (nSPS) is 15.2. The van der Waals surface area contributed by atoms with Crippen LogP contribution >= 0.6 is 22.6 Å². The highest BCUT2D eigenvalue weighted by atomic mass is 127. The van der Waals surface area contributed by atoms with Gasteiger partial charge < -0.3 is 10.2 Å². The molecule has 1 aliphatic rings. The molecule has 1 N–H and O–H groups in total. The number of carbonyl (C=O) groups excluding carboxylic acids is 2. The van der Waals surface area contributed by atoms with Crippen LogP contribution in [0.4, 0.5) is 5.69 Å². The average molecular weight is 626 g/mol. The summed E-state index contributed by atoms with van der Waals surface area (Å²) in [6.45, 7) is 1.85. The van der Waals surface area contributed by atoms with Crippen LogP contribution in [0.1, 0.15) is 51.0 Å². The van der Waals surface area contributed by atoms with Crippen molar-refractivity contribution in [1.29, 1.82) is 0 Å². The Balaban J connectivity index is 1.84. The minimum absolute atomic E-state index is 0.130. The van der Waals surface area contributed by atoms with Crippen LogP contribution in [0.25, 0.3) is 0 Å². The van der Waals surface area contributed by atoms with Crippen LogP contribution in [0.15, 0.2) is 54.6 Å². The summed E-state index contributed by atoms with van der Waals surface area (Å²) in [6, 6.07) is 16.2. The number of hydrogen-bond donors (Lipinski definition) is 1. The predicted molar refractivity (Wildman–Crippen MR) is 152 cm³/mol. The SMILES string of the molecule is CC[C@@H](C(=O)NC1CCCCC1)N(CCc1ccccc1)C(=O)CN(c1ccc(I)cc1)S(C)(=O)=O. The Labute approximate surface area is 228 Å². The lowest BCUT2D eigenvalue weighted by Gasteiger charge is -2.34. The molecular weight excluding hydrogens is 589 g/mol. The molecule has 0 bridgehead atoms. The van der Waals surface area contributed by atoms with Crippen LogP contribution in [-0.2, 0) is 26.0 Å². The molecule has 0 aliphatic heterocycles. The summed E-state index contributed by atoms with van der Waals surface area (Å²) in [5.74, 6) is -0.550. The maximum atomic E-state index is 13.7. The number of benzene rings is 2. The van der Waals surface area contributed by atoms with Gasteiger partial charge in [0, 0.05) is 16.2 Å². The molecule has 0 heterocycles. The van der Waals surface area contributed by atoms with Gasteiger partial charge >= 0.3 is 0 Å². The van der Waals surface area contributed by atoms with Crippen LogP contribution in [-0.4, -0.2) is 56.6 Å². The van der Waals surface area contributed by atoms with E-state index in [1.165, 1.54) is 6.42 Å². The van der Waals surface area contributed by atoms with Crippen molar-refractivity contribution in [3.05, 3.63) is 63.7 Å². The minimum Gasteiger partial charge on any atom is -0.352 e. The van der Waals surface area contributed by atoms with Gasteiger partial charge in [0.2, 0.25) is 21.8 Å². The molecule has 1 atom stereocenters. The van der Waals surface area contributed by atoms with Crippen LogP contribution in [0.5, 0.6) is 0 Å². The van der Waals surface area contributed by atoms with Gasteiger partial charge in [0.15, 0.2) is 0 Å². The maximum absolute atomic E-state index is 13.7. The van der Waals surface area contributed by atoms with E-state index in [2.05, 4.69) is 27.9 Å². The minimum atomic E-state index is -3.72. The zero-order valence-electron chi connectivity index (χ0n) is 21.0. The van der Waals surface area contributed by atoms with Gasteiger partial charge in [-0.3, -0.25) is 13.9 Å². The van der Waals surface area contributed by atoms with Gasteiger partial charge in [-0.25, -0.2) is 8.42 Å². The predicted octanol–water partition coefficient (Wildman–Crippen LogP) is 4.36. The van der Waals surface area contributed by atoms with E-state index in [1.54, 1.807) is 29.2 Å². The van der Waals surface area contributed by atoms with Crippen LogP contribution in [0.2, 0.25) is 0 Å². The van der Waals surface area contributed by atoms with Crippen molar-refractivity contribution >= 4 is 50.1 Å². The molecular formula is C27H36IN3O4S. The van der Waals surface area contributed by atoms with Gasteiger partial charge in [0.25, 0.3) is 0 Å². The number of nitrogens with one attached hydrogen (secondary N) is 1. The monoisotopic (exact) mass is 625 g/mol. The molecule has 7 nitrogen and oxygen atoms in total. The van der Waals surface area contributed by atoms with E-state index in [0.717, 1.165) is 45.4 Å². The lowest BCUT2D eigenvalue weighted by Crippen LogP contribution is -2.54. The standard InChI is InChI=1S/C27H36IN3O4S/c1-3-25(27(33)29-23-12-8-5-9-13-23)30(19-18-21-10-6-4-7-11-21)26(32)20-31(36(2,34)35)24-16-14-22(28)15-17-24/h4,6-7,10-11,14-17,23,25H,3,5,8-9,12-13,18-20H2,1-2H3,(H,29,33)/t25-/m0/s1. The second-order valence-electron chi connectivity index (χ2n) is 9.34. The van der Waals surface area contributed by atoms with E-state index >= 15 is 0 Å². The number of nitrogens with zero attached hydrogens (tertiary/aromatic N) is 2.